The predicted octanol–water partition coefficient (Wildman–Crippen LogP) is 7.66. The molecule has 0 saturated carbocycles. The molecule has 0 bridgehead atoms. The molecule has 9 heteroatoms. The van der Waals surface area contributed by atoms with Gasteiger partial charge in [-0.3, -0.25) is 0 Å². The van der Waals surface area contributed by atoms with E-state index in [0.717, 1.165) is 36.0 Å². The maximum absolute atomic E-state index is 13.0. The smallest absolute Gasteiger partial charge is 0.436 e. The Hall–Kier alpha value is -3.85. The van der Waals surface area contributed by atoms with Gasteiger partial charge in [-0.05, 0) is 43.2 Å². The molecule has 5 nitrogen and oxygen atoms in total. The van der Waals surface area contributed by atoms with Crippen LogP contribution in [0.4, 0.5) is 13.2 Å². The van der Waals surface area contributed by atoms with Gasteiger partial charge in [-0.25, -0.2) is 4.98 Å². The molecule has 1 unspecified atom stereocenters. The number of rotatable bonds is 7. The quantitative estimate of drug-likeness (QED) is 0.178. The van der Waals surface area contributed by atoms with Crippen molar-refractivity contribution in [1.29, 1.82) is 0 Å². The van der Waals surface area contributed by atoms with Crippen LogP contribution in [0.2, 0.25) is 0 Å². The Labute approximate surface area is 218 Å². The molecule has 38 heavy (non-hydrogen) atoms. The van der Waals surface area contributed by atoms with Gasteiger partial charge in [0.15, 0.2) is 5.76 Å². The first kappa shape index (κ1) is 25.8. The van der Waals surface area contributed by atoms with Crippen LogP contribution in [0.15, 0.2) is 95.4 Å². The summed E-state index contributed by atoms with van der Waals surface area (Å²) in [7, 11) is -5.79. The highest BCUT2D eigenvalue weighted by atomic mass is 32.2. The number of para-hydroxylation sites is 1. The van der Waals surface area contributed by atoms with Crippen molar-refractivity contribution in [2.75, 3.05) is 0 Å². The zero-order chi connectivity index (χ0) is 26.8. The van der Waals surface area contributed by atoms with Crippen molar-refractivity contribution < 1.29 is 30.2 Å². The number of benzene rings is 3. The first-order valence-corrected chi connectivity index (χ1v) is 13.5. The Bertz CT molecular complexity index is 1490. The summed E-state index contributed by atoms with van der Waals surface area (Å²) in [6, 6.07) is 25.2. The van der Waals surface area contributed by atoms with E-state index in [0.29, 0.717) is 22.9 Å². The van der Waals surface area contributed by atoms with E-state index in [4.69, 9.17) is 9.40 Å². The van der Waals surface area contributed by atoms with Gasteiger partial charge in [-0.15, -0.1) is 0 Å². The van der Waals surface area contributed by atoms with E-state index in [9.17, 15) is 21.6 Å². The zero-order valence-electron chi connectivity index (χ0n) is 20.2. The molecule has 3 aromatic carbocycles. The molecule has 0 aliphatic heterocycles. The summed E-state index contributed by atoms with van der Waals surface area (Å²) in [4.78, 5) is 4.88. The molecule has 0 radical (unpaired) electrons. The van der Waals surface area contributed by atoms with E-state index in [-0.39, 0.29) is 18.1 Å². The van der Waals surface area contributed by atoms with E-state index in [1.807, 2.05) is 66.7 Å². The first-order valence-electron chi connectivity index (χ1n) is 12.1. The molecule has 1 heterocycles. The van der Waals surface area contributed by atoms with E-state index in [1.165, 1.54) is 12.1 Å². The number of nitrogens with zero attached hydrogens (tertiary/aromatic N) is 1. The topological polar surface area (TPSA) is 69.4 Å². The molecule has 196 valence electrons. The van der Waals surface area contributed by atoms with E-state index >= 15 is 0 Å². The maximum atomic E-state index is 13.0. The standard InChI is InChI=1S/C29H24F3NO4S/c30-29(31,32)38(34,35)37-25-18-10-8-16-23(25)19-22-15-7-9-17-24(22)28-33-26(20-11-3-1-4-12-20)27(36-28)21-13-5-2-6-14-21/h1-6,8,10-14,16-18,22H,7,9,15,19H2. The summed E-state index contributed by atoms with van der Waals surface area (Å²) in [5.74, 6) is 0.566. The minimum Gasteiger partial charge on any atom is -0.436 e. The lowest BCUT2D eigenvalue weighted by molar-refractivity contribution is -0.0500. The predicted molar refractivity (Wildman–Crippen MR) is 138 cm³/mol. The van der Waals surface area contributed by atoms with Gasteiger partial charge < -0.3 is 8.60 Å². The van der Waals surface area contributed by atoms with Gasteiger partial charge in [0.1, 0.15) is 11.4 Å². The van der Waals surface area contributed by atoms with Crippen LogP contribution in [0, 0.1) is 5.92 Å². The van der Waals surface area contributed by atoms with Crippen LogP contribution >= 0.6 is 0 Å². The average molecular weight is 540 g/mol. The average Bonchev–Trinajstić information content (AvgIpc) is 3.36. The Morgan fingerprint density at radius 1 is 0.895 bits per heavy atom. The molecular formula is C29H24F3NO4S. The minimum absolute atomic E-state index is 0.159. The molecule has 1 aromatic heterocycles. The summed E-state index contributed by atoms with van der Waals surface area (Å²) >= 11 is 0. The molecule has 0 fully saturated rings. The Kier molecular flexibility index (Phi) is 7.12. The van der Waals surface area contributed by atoms with Gasteiger partial charge in [0.25, 0.3) is 0 Å². The second-order valence-corrected chi connectivity index (χ2v) is 10.5. The van der Waals surface area contributed by atoms with Crippen LogP contribution in [0.25, 0.3) is 28.2 Å². The number of oxazole rings is 1. The number of hydrogen-bond acceptors (Lipinski definition) is 5. The summed E-state index contributed by atoms with van der Waals surface area (Å²) < 4.78 is 73.1. The number of aromatic nitrogens is 1. The highest BCUT2D eigenvalue weighted by Crippen LogP contribution is 2.41. The van der Waals surface area contributed by atoms with E-state index in [1.54, 1.807) is 12.1 Å². The number of allylic oxidation sites excluding steroid dienone is 2. The lowest BCUT2D eigenvalue weighted by atomic mass is 9.83. The highest BCUT2D eigenvalue weighted by molar-refractivity contribution is 7.88. The summed E-state index contributed by atoms with van der Waals surface area (Å²) in [5.41, 5.74) is -1.87. The second kappa shape index (κ2) is 10.5. The maximum Gasteiger partial charge on any atom is 0.534 e. The Morgan fingerprint density at radius 3 is 2.21 bits per heavy atom. The molecule has 0 amide bonds. The van der Waals surface area contributed by atoms with Gasteiger partial charge in [0.05, 0.1) is 0 Å². The molecule has 0 N–H and O–H groups in total. The summed E-state index contributed by atoms with van der Waals surface area (Å²) in [6.07, 6.45) is 4.71. The summed E-state index contributed by atoms with van der Waals surface area (Å²) in [5, 5.41) is 0. The van der Waals surface area contributed by atoms with Gasteiger partial charge >= 0.3 is 15.6 Å². The number of halogens is 3. The molecule has 1 aliphatic rings. The summed E-state index contributed by atoms with van der Waals surface area (Å²) in [6.45, 7) is 0. The fourth-order valence-corrected chi connectivity index (χ4v) is 5.12. The van der Waals surface area contributed by atoms with Crippen molar-refractivity contribution in [2.45, 2.75) is 31.2 Å². The largest absolute Gasteiger partial charge is 0.534 e. The number of hydrogen-bond donors (Lipinski definition) is 0. The third kappa shape index (κ3) is 5.38. The molecule has 1 aliphatic carbocycles. The van der Waals surface area contributed by atoms with Crippen molar-refractivity contribution in [3.05, 3.63) is 102 Å². The third-order valence-corrected chi connectivity index (χ3v) is 7.41. The Balaban J connectivity index is 1.51. The molecule has 5 rings (SSSR count). The van der Waals surface area contributed by atoms with Crippen molar-refractivity contribution in [3.63, 3.8) is 0 Å². The van der Waals surface area contributed by atoms with Gasteiger partial charge in [-0.1, -0.05) is 84.9 Å². The van der Waals surface area contributed by atoms with Crippen molar-refractivity contribution in [1.82, 2.24) is 4.98 Å². The van der Waals surface area contributed by atoms with Crippen molar-refractivity contribution >= 4 is 15.7 Å². The van der Waals surface area contributed by atoms with Gasteiger partial charge in [0, 0.05) is 16.7 Å². The first-order chi connectivity index (χ1) is 18.2. The van der Waals surface area contributed by atoms with Gasteiger partial charge in [-0.2, -0.15) is 21.6 Å². The normalized spacial score (nSPS) is 16.2. The van der Waals surface area contributed by atoms with E-state index < -0.39 is 15.6 Å². The van der Waals surface area contributed by atoms with Crippen LogP contribution in [0.5, 0.6) is 5.75 Å². The SMILES string of the molecule is O=S(=O)(Oc1ccccc1CC1CCCC=C1c1nc(-c2ccccc2)c(-c2ccccc2)o1)C(F)(F)F. The van der Waals surface area contributed by atoms with E-state index in [2.05, 4.69) is 4.18 Å². The van der Waals surface area contributed by atoms with Crippen LogP contribution in [0.3, 0.4) is 0 Å². The second-order valence-electron chi connectivity index (χ2n) is 9.01. The van der Waals surface area contributed by atoms with Crippen LogP contribution in [-0.4, -0.2) is 18.9 Å². The fraction of sp³-hybridized carbons (Fsp3) is 0.207. The highest BCUT2D eigenvalue weighted by Gasteiger charge is 2.48. The van der Waals surface area contributed by atoms with Crippen LogP contribution in [-0.2, 0) is 16.5 Å². The minimum atomic E-state index is -5.79. The fourth-order valence-electron chi connectivity index (χ4n) is 4.62. The molecule has 1 atom stereocenters. The Morgan fingerprint density at radius 2 is 1.53 bits per heavy atom. The van der Waals surface area contributed by atoms with Crippen LogP contribution < -0.4 is 4.18 Å². The molecule has 0 spiro atoms. The van der Waals surface area contributed by atoms with Crippen molar-refractivity contribution in [2.24, 2.45) is 5.92 Å². The lowest BCUT2D eigenvalue weighted by Gasteiger charge is -2.23. The third-order valence-electron chi connectivity index (χ3n) is 6.44. The zero-order valence-corrected chi connectivity index (χ0v) is 21.0. The van der Waals surface area contributed by atoms with Gasteiger partial charge in [0.2, 0.25) is 5.89 Å². The monoisotopic (exact) mass is 539 g/mol. The molecule has 4 aromatic rings. The number of alkyl halides is 3. The lowest BCUT2D eigenvalue weighted by Crippen LogP contribution is -2.28. The molecular weight excluding hydrogens is 515 g/mol. The molecule has 0 saturated heterocycles. The van der Waals surface area contributed by atoms with Crippen LogP contribution in [0.1, 0.15) is 30.7 Å². The van der Waals surface area contributed by atoms with Crippen molar-refractivity contribution in [3.8, 4) is 28.3 Å².